The molecule has 1 unspecified atom stereocenters. The van der Waals surface area contributed by atoms with Crippen LogP contribution in [0.1, 0.15) is 17.5 Å². The summed E-state index contributed by atoms with van der Waals surface area (Å²) in [4.78, 5) is 2.16. The number of halogens is 2. The second-order valence-corrected chi connectivity index (χ2v) is 5.22. The fraction of sp³-hybridized carbons (Fsp3) is 0.333. The van der Waals surface area contributed by atoms with Crippen LogP contribution in [0, 0.1) is 0 Å². The highest BCUT2D eigenvalue weighted by Gasteiger charge is 2.11. The minimum absolute atomic E-state index is 0.232. The molecule has 2 aromatic carbocycles. The summed E-state index contributed by atoms with van der Waals surface area (Å²) in [6.07, 6.45) is -1.13. The molecular weight excluding hydrogens is 268 g/mol. The van der Waals surface area contributed by atoms with E-state index in [2.05, 4.69) is 29.2 Å². The standard InChI is InChI=1S/C18H21F2N/c19-13-18(20)11-12-21(14-16-7-3-1-4-8-16)15-17-9-5-2-6-10-17/h1-10,18H,11-15H2. The predicted molar refractivity (Wildman–Crippen MR) is 82.5 cm³/mol. The molecule has 21 heavy (non-hydrogen) atoms. The predicted octanol–water partition coefficient (Wildman–Crippen LogP) is 4.39. The first-order chi connectivity index (χ1) is 10.3. The molecule has 0 amide bonds. The van der Waals surface area contributed by atoms with Crippen molar-refractivity contribution in [2.75, 3.05) is 13.2 Å². The van der Waals surface area contributed by atoms with Gasteiger partial charge in [-0.15, -0.1) is 0 Å². The van der Waals surface area contributed by atoms with Crippen molar-refractivity contribution < 1.29 is 8.78 Å². The Morgan fingerprint density at radius 3 is 1.71 bits per heavy atom. The van der Waals surface area contributed by atoms with E-state index in [0.29, 0.717) is 6.54 Å². The lowest BCUT2D eigenvalue weighted by Gasteiger charge is -2.23. The van der Waals surface area contributed by atoms with Crippen LogP contribution in [0.4, 0.5) is 8.78 Å². The van der Waals surface area contributed by atoms with Gasteiger partial charge in [-0.1, -0.05) is 60.7 Å². The van der Waals surface area contributed by atoms with Crippen molar-refractivity contribution in [3.63, 3.8) is 0 Å². The molecule has 0 aliphatic carbocycles. The van der Waals surface area contributed by atoms with Crippen molar-refractivity contribution in [1.82, 2.24) is 4.90 Å². The Balaban J connectivity index is 1.99. The maximum Gasteiger partial charge on any atom is 0.130 e. The zero-order valence-electron chi connectivity index (χ0n) is 12.1. The highest BCUT2D eigenvalue weighted by Crippen LogP contribution is 2.12. The molecule has 1 atom stereocenters. The first-order valence-electron chi connectivity index (χ1n) is 7.28. The second kappa shape index (κ2) is 8.53. The number of hydrogen-bond acceptors (Lipinski definition) is 1. The van der Waals surface area contributed by atoms with Crippen LogP contribution in [-0.2, 0) is 13.1 Å². The van der Waals surface area contributed by atoms with Gasteiger partial charge < -0.3 is 0 Å². The van der Waals surface area contributed by atoms with Crippen LogP contribution in [0.25, 0.3) is 0 Å². The highest BCUT2D eigenvalue weighted by molar-refractivity contribution is 5.17. The summed E-state index contributed by atoms with van der Waals surface area (Å²) in [5, 5.41) is 0. The Kier molecular flexibility index (Phi) is 6.35. The van der Waals surface area contributed by atoms with Gasteiger partial charge in [-0.25, -0.2) is 8.78 Å². The van der Waals surface area contributed by atoms with Crippen LogP contribution < -0.4 is 0 Å². The van der Waals surface area contributed by atoms with Crippen LogP contribution in [0.3, 0.4) is 0 Å². The summed E-state index contributed by atoms with van der Waals surface area (Å²) in [7, 11) is 0. The number of rotatable bonds is 8. The van der Waals surface area contributed by atoms with Gasteiger partial charge in [0, 0.05) is 19.6 Å². The van der Waals surface area contributed by atoms with E-state index in [9.17, 15) is 8.78 Å². The van der Waals surface area contributed by atoms with Gasteiger partial charge in [-0.2, -0.15) is 0 Å². The zero-order chi connectivity index (χ0) is 14.9. The lowest BCUT2D eigenvalue weighted by molar-refractivity contribution is 0.189. The van der Waals surface area contributed by atoms with Crippen molar-refractivity contribution in [3.05, 3.63) is 71.8 Å². The van der Waals surface area contributed by atoms with Crippen LogP contribution in [-0.4, -0.2) is 24.3 Å². The number of benzene rings is 2. The van der Waals surface area contributed by atoms with Gasteiger partial charge in [-0.3, -0.25) is 4.90 Å². The minimum Gasteiger partial charge on any atom is -0.295 e. The molecule has 0 saturated carbocycles. The Hall–Kier alpha value is -1.74. The summed E-state index contributed by atoms with van der Waals surface area (Å²) in [5.74, 6) is 0. The van der Waals surface area contributed by atoms with E-state index in [1.54, 1.807) is 0 Å². The number of nitrogens with zero attached hydrogens (tertiary/aromatic N) is 1. The van der Waals surface area contributed by atoms with Gasteiger partial charge >= 0.3 is 0 Å². The fourth-order valence-electron chi connectivity index (χ4n) is 2.30. The average Bonchev–Trinajstić information content (AvgIpc) is 2.54. The Labute approximate surface area is 125 Å². The number of hydrogen-bond donors (Lipinski definition) is 0. The fourth-order valence-corrected chi connectivity index (χ4v) is 2.30. The summed E-state index contributed by atoms with van der Waals surface area (Å²) >= 11 is 0. The van der Waals surface area contributed by atoms with E-state index in [4.69, 9.17) is 0 Å². The van der Waals surface area contributed by atoms with Gasteiger partial charge in [0.2, 0.25) is 0 Å². The molecule has 0 aliphatic heterocycles. The topological polar surface area (TPSA) is 3.24 Å². The Morgan fingerprint density at radius 2 is 1.29 bits per heavy atom. The molecule has 0 heterocycles. The van der Waals surface area contributed by atoms with Crippen LogP contribution in [0.2, 0.25) is 0 Å². The van der Waals surface area contributed by atoms with Gasteiger partial charge in [0.15, 0.2) is 0 Å². The van der Waals surface area contributed by atoms with E-state index in [0.717, 1.165) is 13.1 Å². The Morgan fingerprint density at radius 1 is 0.810 bits per heavy atom. The van der Waals surface area contributed by atoms with Gasteiger partial charge in [0.25, 0.3) is 0 Å². The number of alkyl halides is 2. The molecule has 0 bridgehead atoms. The van der Waals surface area contributed by atoms with Crippen molar-refractivity contribution in [2.45, 2.75) is 25.7 Å². The SMILES string of the molecule is FCC(F)CCN(Cc1ccccc1)Cc1ccccc1. The van der Waals surface area contributed by atoms with E-state index < -0.39 is 12.8 Å². The quantitative estimate of drug-likeness (QED) is 0.697. The van der Waals surface area contributed by atoms with Crippen molar-refractivity contribution >= 4 is 0 Å². The van der Waals surface area contributed by atoms with Crippen molar-refractivity contribution in [3.8, 4) is 0 Å². The molecule has 2 aromatic rings. The molecule has 0 saturated heterocycles. The van der Waals surface area contributed by atoms with E-state index in [-0.39, 0.29) is 6.42 Å². The highest BCUT2D eigenvalue weighted by atomic mass is 19.2. The first kappa shape index (κ1) is 15.6. The third-order valence-corrected chi connectivity index (χ3v) is 3.42. The summed E-state index contributed by atoms with van der Waals surface area (Å²) in [5.41, 5.74) is 2.37. The molecule has 0 radical (unpaired) electrons. The normalized spacial score (nSPS) is 12.5. The lowest BCUT2D eigenvalue weighted by atomic mass is 10.1. The largest absolute Gasteiger partial charge is 0.295 e. The molecule has 2 rings (SSSR count). The van der Waals surface area contributed by atoms with E-state index in [1.165, 1.54) is 11.1 Å². The first-order valence-corrected chi connectivity index (χ1v) is 7.28. The maximum atomic E-state index is 13.2. The Bertz CT molecular complexity index is 460. The third-order valence-electron chi connectivity index (χ3n) is 3.42. The molecule has 0 aliphatic rings. The van der Waals surface area contributed by atoms with Gasteiger partial charge in [0.1, 0.15) is 12.8 Å². The summed E-state index contributed by atoms with van der Waals surface area (Å²) in [6, 6.07) is 20.2. The second-order valence-electron chi connectivity index (χ2n) is 5.22. The smallest absolute Gasteiger partial charge is 0.130 e. The molecule has 0 aromatic heterocycles. The third kappa shape index (κ3) is 5.64. The van der Waals surface area contributed by atoms with Crippen molar-refractivity contribution in [1.29, 1.82) is 0 Å². The molecule has 3 heteroatoms. The van der Waals surface area contributed by atoms with E-state index >= 15 is 0 Å². The molecule has 0 fully saturated rings. The lowest BCUT2D eigenvalue weighted by Crippen LogP contribution is -2.26. The molecule has 0 N–H and O–H groups in total. The minimum atomic E-state index is -1.36. The molecule has 112 valence electrons. The van der Waals surface area contributed by atoms with E-state index in [1.807, 2.05) is 36.4 Å². The van der Waals surface area contributed by atoms with Gasteiger partial charge in [0.05, 0.1) is 0 Å². The summed E-state index contributed by atoms with van der Waals surface area (Å²) in [6.45, 7) is 1.14. The zero-order valence-corrected chi connectivity index (χ0v) is 12.1. The summed E-state index contributed by atoms with van der Waals surface area (Å²) < 4.78 is 25.5. The monoisotopic (exact) mass is 289 g/mol. The molecule has 1 nitrogen and oxygen atoms in total. The van der Waals surface area contributed by atoms with Crippen molar-refractivity contribution in [2.24, 2.45) is 0 Å². The molecular formula is C18H21F2N. The molecule has 0 spiro atoms. The maximum absolute atomic E-state index is 13.2. The average molecular weight is 289 g/mol. The van der Waals surface area contributed by atoms with Crippen LogP contribution in [0.15, 0.2) is 60.7 Å². The van der Waals surface area contributed by atoms with Gasteiger partial charge in [-0.05, 0) is 17.5 Å². The van der Waals surface area contributed by atoms with Crippen LogP contribution in [0.5, 0.6) is 0 Å². The van der Waals surface area contributed by atoms with Crippen LogP contribution >= 0.6 is 0 Å².